The second kappa shape index (κ2) is 9.68. The van der Waals surface area contributed by atoms with Crippen LogP contribution < -0.4 is 0 Å². The number of thioether (sulfide) groups is 1. The van der Waals surface area contributed by atoms with Gasteiger partial charge < -0.3 is 20.1 Å². The second-order valence-electron chi connectivity index (χ2n) is 7.23. The quantitative estimate of drug-likeness (QED) is 0.332. The summed E-state index contributed by atoms with van der Waals surface area (Å²) in [6, 6.07) is 4.50. The molecule has 0 amide bonds. The predicted octanol–water partition coefficient (Wildman–Crippen LogP) is 3.04. The van der Waals surface area contributed by atoms with Crippen LogP contribution in [0.4, 0.5) is 17.6 Å². The Morgan fingerprint density at radius 1 is 1.03 bits per heavy atom. The van der Waals surface area contributed by atoms with Gasteiger partial charge in [0.15, 0.2) is 17.5 Å². The summed E-state index contributed by atoms with van der Waals surface area (Å²) in [5.74, 6) is -4.92. The average molecular weight is 550 g/mol. The molecule has 13 heteroatoms. The number of nitrogens with zero attached hydrogens (tertiary/aromatic N) is 3. The topological polar surface area (TPSA) is 101 Å². The number of hydrogen-bond donors (Lipinski definition) is 3. The van der Waals surface area contributed by atoms with Crippen molar-refractivity contribution in [1.82, 2.24) is 15.0 Å². The van der Waals surface area contributed by atoms with Crippen LogP contribution in [0.1, 0.15) is 6.04 Å². The first-order valence-corrected chi connectivity index (χ1v) is 11.2. The van der Waals surface area contributed by atoms with E-state index in [9.17, 15) is 32.9 Å². The monoisotopic (exact) mass is 549 g/mol. The standard InChI is InChI=1S/C20H16BrF4N3O4S/c21-10-5-9(1-2-11(10)22)33-20-19(31)17(18(30)15(7-29)32-20)28-6-14(26-27-28)8-3-12(23)16(25)13(24)4-8/h1-6,15,17-20,29-31H,7H2/t15?,17?,18-,19?,20+/m0/s1. The van der Waals surface area contributed by atoms with Crippen LogP contribution in [-0.2, 0) is 4.74 Å². The number of aliphatic hydroxyl groups excluding tert-OH is 3. The van der Waals surface area contributed by atoms with Crippen molar-refractivity contribution in [2.45, 2.75) is 34.7 Å². The minimum absolute atomic E-state index is 0.0362. The number of aromatic nitrogens is 3. The van der Waals surface area contributed by atoms with Gasteiger partial charge in [0, 0.05) is 10.5 Å². The smallest absolute Gasteiger partial charge is 0.194 e. The zero-order chi connectivity index (χ0) is 23.9. The van der Waals surface area contributed by atoms with Gasteiger partial charge in [-0.15, -0.1) is 5.10 Å². The third-order valence-electron chi connectivity index (χ3n) is 5.09. The Bertz CT molecular complexity index is 1150. The molecule has 1 aliphatic rings. The Hall–Kier alpha value is -2.03. The first-order chi connectivity index (χ1) is 15.7. The van der Waals surface area contributed by atoms with Crippen LogP contribution in [0.5, 0.6) is 0 Å². The van der Waals surface area contributed by atoms with E-state index < -0.39 is 59.7 Å². The van der Waals surface area contributed by atoms with Crippen LogP contribution in [0.2, 0.25) is 0 Å². The normalized spacial score (nSPS) is 25.4. The zero-order valence-electron chi connectivity index (χ0n) is 16.4. The van der Waals surface area contributed by atoms with Crippen LogP contribution in [0.3, 0.4) is 0 Å². The fraction of sp³-hybridized carbons (Fsp3) is 0.300. The molecule has 3 unspecified atom stereocenters. The van der Waals surface area contributed by atoms with Crippen molar-refractivity contribution in [3.8, 4) is 11.3 Å². The summed E-state index contributed by atoms with van der Waals surface area (Å²) in [6.07, 6.45) is -2.68. The van der Waals surface area contributed by atoms with E-state index in [0.717, 1.165) is 28.6 Å². The maximum Gasteiger partial charge on any atom is 0.194 e. The number of hydrogen-bond acceptors (Lipinski definition) is 7. The summed E-state index contributed by atoms with van der Waals surface area (Å²) >= 11 is 4.11. The minimum Gasteiger partial charge on any atom is -0.394 e. The van der Waals surface area contributed by atoms with Gasteiger partial charge in [0.25, 0.3) is 0 Å². The third kappa shape index (κ3) is 4.79. The lowest BCUT2D eigenvalue weighted by atomic mass is 9.97. The van der Waals surface area contributed by atoms with E-state index in [4.69, 9.17) is 4.74 Å². The van der Waals surface area contributed by atoms with Crippen molar-refractivity contribution in [2.75, 3.05) is 6.61 Å². The van der Waals surface area contributed by atoms with E-state index in [0.29, 0.717) is 4.90 Å². The number of halogens is 5. The van der Waals surface area contributed by atoms with E-state index in [-0.39, 0.29) is 15.7 Å². The molecule has 1 saturated heterocycles. The molecule has 1 aromatic heterocycles. The SMILES string of the molecule is OCC1O[C@H](Sc2ccc(F)c(Br)c2)C(O)C(n2cc(-c3cc(F)c(F)c(F)c3)nn2)[C@H]1O. The molecule has 0 spiro atoms. The third-order valence-corrected chi connectivity index (χ3v) is 6.84. The molecule has 0 radical (unpaired) electrons. The molecular weight excluding hydrogens is 534 g/mol. The maximum absolute atomic E-state index is 13.6. The molecule has 1 fully saturated rings. The molecule has 0 saturated carbocycles. The van der Waals surface area contributed by atoms with E-state index >= 15 is 0 Å². The molecule has 0 bridgehead atoms. The van der Waals surface area contributed by atoms with Crippen molar-refractivity contribution in [3.05, 3.63) is 64.3 Å². The molecule has 5 atom stereocenters. The molecule has 1 aliphatic heterocycles. The van der Waals surface area contributed by atoms with Crippen LogP contribution >= 0.6 is 27.7 Å². The van der Waals surface area contributed by atoms with Crippen molar-refractivity contribution >= 4 is 27.7 Å². The van der Waals surface area contributed by atoms with Crippen molar-refractivity contribution in [3.63, 3.8) is 0 Å². The highest BCUT2D eigenvalue weighted by Crippen LogP contribution is 2.39. The lowest BCUT2D eigenvalue weighted by molar-refractivity contribution is -0.178. The molecule has 3 N–H and O–H groups in total. The largest absolute Gasteiger partial charge is 0.394 e. The average Bonchev–Trinajstić information content (AvgIpc) is 3.26. The first kappa shape index (κ1) is 24.1. The second-order valence-corrected chi connectivity index (χ2v) is 9.25. The highest BCUT2D eigenvalue weighted by Gasteiger charge is 2.46. The van der Waals surface area contributed by atoms with E-state index in [1.54, 1.807) is 0 Å². The van der Waals surface area contributed by atoms with Gasteiger partial charge in [0.05, 0.1) is 17.3 Å². The maximum atomic E-state index is 13.6. The fourth-order valence-electron chi connectivity index (χ4n) is 3.42. The molecule has 176 valence electrons. The molecule has 2 aromatic carbocycles. The van der Waals surface area contributed by atoms with Gasteiger partial charge in [-0.25, -0.2) is 22.2 Å². The first-order valence-electron chi connectivity index (χ1n) is 9.50. The van der Waals surface area contributed by atoms with E-state index in [1.165, 1.54) is 24.4 Å². The number of benzene rings is 2. The summed E-state index contributed by atoms with van der Waals surface area (Å²) in [6.45, 7) is -0.579. The van der Waals surface area contributed by atoms with Gasteiger partial charge in [-0.1, -0.05) is 17.0 Å². The van der Waals surface area contributed by atoms with Crippen LogP contribution in [0, 0.1) is 23.3 Å². The van der Waals surface area contributed by atoms with Gasteiger partial charge in [-0.2, -0.15) is 0 Å². The molecular formula is C20H16BrF4N3O4S. The van der Waals surface area contributed by atoms with Gasteiger partial charge in [0.2, 0.25) is 0 Å². The van der Waals surface area contributed by atoms with Gasteiger partial charge in [-0.05, 0) is 46.3 Å². The Morgan fingerprint density at radius 2 is 1.73 bits per heavy atom. The highest BCUT2D eigenvalue weighted by molar-refractivity contribution is 9.10. The predicted molar refractivity (Wildman–Crippen MR) is 112 cm³/mol. The van der Waals surface area contributed by atoms with Gasteiger partial charge in [0.1, 0.15) is 41.3 Å². The molecule has 0 aliphatic carbocycles. The Kier molecular flexibility index (Phi) is 7.07. The van der Waals surface area contributed by atoms with Crippen LogP contribution in [0.25, 0.3) is 11.3 Å². The fourth-order valence-corrected chi connectivity index (χ4v) is 5.05. The summed E-state index contributed by atoms with van der Waals surface area (Å²) in [5.41, 5.74) is -1.14. The number of rotatable bonds is 5. The number of aliphatic hydroxyl groups is 3. The van der Waals surface area contributed by atoms with E-state index in [1.807, 2.05) is 0 Å². The Balaban J connectivity index is 1.63. The van der Waals surface area contributed by atoms with Crippen LogP contribution in [-0.4, -0.2) is 60.7 Å². The van der Waals surface area contributed by atoms with Crippen molar-refractivity contribution in [1.29, 1.82) is 0 Å². The summed E-state index contributed by atoms with van der Waals surface area (Å²) < 4.78 is 60.9. The van der Waals surface area contributed by atoms with Crippen LogP contribution in [0.15, 0.2) is 45.9 Å². The molecule has 33 heavy (non-hydrogen) atoms. The summed E-state index contributed by atoms with van der Waals surface area (Å²) in [4.78, 5) is 0.538. The summed E-state index contributed by atoms with van der Waals surface area (Å²) in [5, 5.41) is 38.9. The molecule has 7 nitrogen and oxygen atoms in total. The Morgan fingerprint density at radius 3 is 2.36 bits per heavy atom. The van der Waals surface area contributed by atoms with Gasteiger partial charge in [-0.3, -0.25) is 0 Å². The lowest BCUT2D eigenvalue weighted by Crippen LogP contribution is -2.55. The summed E-state index contributed by atoms with van der Waals surface area (Å²) in [7, 11) is 0. The molecule has 3 aromatic rings. The minimum atomic E-state index is -1.63. The van der Waals surface area contributed by atoms with E-state index in [2.05, 4.69) is 26.2 Å². The Labute approximate surface area is 197 Å². The highest BCUT2D eigenvalue weighted by atomic mass is 79.9. The molecule has 4 rings (SSSR count). The van der Waals surface area contributed by atoms with Crippen molar-refractivity contribution in [2.24, 2.45) is 0 Å². The zero-order valence-corrected chi connectivity index (χ0v) is 18.9. The lowest BCUT2D eigenvalue weighted by Gasteiger charge is -2.41. The number of ether oxygens (including phenoxy) is 1. The molecule has 2 heterocycles. The van der Waals surface area contributed by atoms with Crippen molar-refractivity contribution < 1.29 is 37.6 Å². The van der Waals surface area contributed by atoms with Gasteiger partial charge >= 0.3 is 0 Å².